The standard InChI is InChI=1S/C51H37N3S/c1-3-12-34(13-4-1)36-24-26-37(27-25-36)49-52-50(43-20-10-18-40(31-43)39-17-9-16-38(30-39)35-14-5-2-6-15-35)54-51(53-49)44-21-11-19-41(32-44)42-28-29-46-45-22-7-8-23-47(45)55-48(46)33-42/h1-33,46,48,51H,(H,52,53,54). The van der Waals surface area contributed by atoms with Gasteiger partial charge >= 0.3 is 0 Å². The van der Waals surface area contributed by atoms with Gasteiger partial charge in [-0.1, -0.05) is 176 Å². The molecule has 1 N–H and O–H groups in total. The molecule has 3 nitrogen and oxygen atoms in total. The predicted octanol–water partition coefficient (Wildman–Crippen LogP) is 12.4. The Balaban J connectivity index is 1.000. The zero-order valence-electron chi connectivity index (χ0n) is 30.1. The molecule has 0 amide bonds. The van der Waals surface area contributed by atoms with Crippen LogP contribution in [0.15, 0.2) is 215 Å². The van der Waals surface area contributed by atoms with Crippen LogP contribution in [0.2, 0.25) is 0 Å². The third-order valence-electron chi connectivity index (χ3n) is 10.7. The molecule has 10 rings (SSSR count). The molecule has 262 valence electrons. The number of hydrogen-bond acceptors (Lipinski definition) is 4. The predicted molar refractivity (Wildman–Crippen MR) is 231 cm³/mol. The molecule has 3 atom stereocenters. The van der Waals surface area contributed by atoms with E-state index in [1.807, 2.05) is 17.8 Å². The molecule has 3 aliphatic rings. The highest BCUT2D eigenvalue weighted by Crippen LogP contribution is 2.49. The third kappa shape index (κ3) is 6.66. The molecule has 2 aliphatic heterocycles. The van der Waals surface area contributed by atoms with Crippen molar-refractivity contribution in [3.05, 3.63) is 228 Å². The Morgan fingerprint density at radius 2 is 1.04 bits per heavy atom. The Hall–Kier alpha value is -6.49. The van der Waals surface area contributed by atoms with Crippen LogP contribution in [-0.2, 0) is 0 Å². The maximum Gasteiger partial charge on any atom is 0.159 e. The molecule has 4 heteroatoms. The van der Waals surface area contributed by atoms with E-state index in [4.69, 9.17) is 9.98 Å². The SMILES string of the molecule is C1=CC2c3ccccc3SC2C=C1c1cccc(C2N=C(c3ccc(-c4ccccc4)cc3)N=C(c3cccc(-c4cccc(-c5ccccc5)c4)c3)N2)c1. The Morgan fingerprint density at radius 1 is 0.473 bits per heavy atom. The van der Waals surface area contributed by atoms with Gasteiger partial charge in [0.1, 0.15) is 12.0 Å². The summed E-state index contributed by atoms with van der Waals surface area (Å²) >= 11 is 1.97. The maximum atomic E-state index is 5.27. The number of nitrogens with one attached hydrogen (secondary N) is 1. The normalized spacial score (nSPS) is 18.3. The van der Waals surface area contributed by atoms with Crippen LogP contribution in [0.4, 0.5) is 0 Å². The maximum absolute atomic E-state index is 5.27. The topological polar surface area (TPSA) is 36.8 Å². The van der Waals surface area contributed by atoms with Crippen LogP contribution in [-0.4, -0.2) is 16.9 Å². The first-order valence-corrected chi connectivity index (χ1v) is 19.7. The van der Waals surface area contributed by atoms with Crippen LogP contribution in [0.25, 0.3) is 39.0 Å². The van der Waals surface area contributed by atoms with Crippen molar-refractivity contribution in [2.75, 3.05) is 0 Å². The molecular formula is C51H37N3S. The number of thioether (sulfide) groups is 1. The minimum absolute atomic E-state index is 0.327. The second kappa shape index (κ2) is 14.4. The first-order valence-electron chi connectivity index (χ1n) is 18.8. The summed E-state index contributed by atoms with van der Waals surface area (Å²) < 4.78 is 0. The average Bonchev–Trinajstić information content (AvgIpc) is 3.65. The Labute approximate surface area is 326 Å². The lowest BCUT2D eigenvalue weighted by molar-refractivity contribution is 0.674. The van der Waals surface area contributed by atoms with Crippen molar-refractivity contribution in [2.45, 2.75) is 22.2 Å². The van der Waals surface area contributed by atoms with Crippen molar-refractivity contribution >= 4 is 29.0 Å². The van der Waals surface area contributed by atoms with E-state index in [9.17, 15) is 0 Å². The van der Waals surface area contributed by atoms with Crippen molar-refractivity contribution in [1.82, 2.24) is 5.32 Å². The number of nitrogens with zero attached hydrogens (tertiary/aromatic N) is 2. The first-order chi connectivity index (χ1) is 27.2. The molecule has 0 bridgehead atoms. The zero-order valence-corrected chi connectivity index (χ0v) is 30.9. The van der Waals surface area contributed by atoms with Gasteiger partial charge in [-0.25, -0.2) is 9.98 Å². The largest absolute Gasteiger partial charge is 0.344 e. The van der Waals surface area contributed by atoms with Crippen molar-refractivity contribution in [3.63, 3.8) is 0 Å². The second-order valence-electron chi connectivity index (χ2n) is 14.2. The summed E-state index contributed by atoms with van der Waals surface area (Å²) in [5.41, 5.74) is 14.0. The number of fused-ring (bicyclic) bond motifs is 3. The van der Waals surface area contributed by atoms with E-state index in [-0.39, 0.29) is 6.17 Å². The van der Waals surface area contributed by atoms with Gasteiger partial charge in [0.15, 0.2) is 5.84 Å². The van der Waals surface area contributed by atoms with E-state index in [0.29, 0.717) is 17.0 Å². The van der Waals surface area contributed by atoms with E-state index in [2.05, 4.69) is 199 Å². The van der Waals surface area contributed by atoms with Crippen LogP contribution < -0.4 is 5.32 Å². The van der Waals surface area contributed by atoms with Gasteiger partial charge in [0.2, 0.25) is 0 Å². The lowest BCUT2D eigenvalue weighted by atomic mass is 9.88. The lowest BCUT2D eigenvalue weighted by Gasteiger charge is -2.25. The summed E-state index contributed by atoms with van der Waals surface area (Å²) in [7, 11) is 0. The second-order valence-corrected chi connectivity index (χ2v) is 15.4. The Morgan fingerprint density at radius 3 is 1.80 bits per heavy atom. The highest BCUT2D eigenvalue weighted by Gasteiger charge is 2.32. The third-order valence-corrected chi connectivity index (χ3v) is 12.0. The monoisotopic (exact) mass is 723 g/mol. The van der Waals surface area contributed by atoms with Gasteiger partial charge in [-0.2, -0.15) is 0 Å². The summed E-state index contributed by atoms with van der Waals surface area (Å²) in [4.78, 5) is 11.9. The molecule has 7 aromatic rings. The molecule has 1 aliphatic carbocycles. The van der Waals surface area contributed by atoms with Gasteiger partial charge < -0.3 is 5.32 Å². The molecule has 55 heavy (non-hydrogen) atoms. The van der Waals surface area contributed by atoms with Gasteiger partial charge in [-0.15, -0.1) is 11.8 Å². The van der Waals surface area contributed by atoms with Gasteiger partial charge in [-0.3, -0.25) is 0 Å². The summed E-state index contributed by atoms with van der Waals surface area (Å²) in [5.74, 6) is 1.93. The van der Waals surface area contributed by atoms with E-state index >= 15 is 0 Å². The lowest BCUT2D eigenvalue weighted by Crippen LogP contribution is -2.33. The van der Waals surface area contributed by atoms with Gasteiger partial charge in [0, 0.05) is 27.2 Å². The fourth-order valence-electron chi connectivity index (χ4n) is 7.82. The van der Waals surface area contributed by atoms with Crippen LogP contribution in [0.5, 0.6) is 0 Å². The number of benzene rings is 7. The molecule has 0 aromatic heterocycles. The summed E-state index contributed by atoms with van der Waals surface area (Å²) in [6.45, 7) is 0. The number of aliphatic imine (C=N–C) groups is 2. The first kappa shape index (κ1) is 33.1. The van der Waals surface area contributed by atoms with E-state index in [1.165, 1.54) is 38.3 Å². The van der Waals surface area contributed by atoms with E-state index in [1.54, 1.807) is 0 Å². The summed E-state index contributed by atoms with van der Waals surface area (Å²) in [6, 6.07) is 64.6. The smallest absolute Gasteiger partial charge is 0.159 e. The fraction of sp³-hybridized carbons (Fsp3) is 0.0588. The molecule has 7 aromatic carbocycles. The van der Waals surface area contributed by atoms with E-state index < -0.39 is 0 Å². The van der Waals surface area contributed by atoms with Crippen molar-refractivity contribution < 1.29 is 0 Å². The highest BCUT2D eigenvalue weighted by molar-refractivity contribution is 8.00. The van der Waals surface area contributed by atoms with Gasteiger partial charge in [-0.05, 0) is 79.9 Å². The molecule has 0 radical (unpaired) electrons. The van der Waals surface area contributed by atoms with Gasteiger partial charge in [0.05, 0.1) is 0 Å². The van der Waals surface area contributed by atoms with Crippen LogP contribution >= 0.6 is 11.8 Å². The number of amidine groups is 2. The number of rotatable bonds is 7. The minimum atomic E-state index is -0.327. The number of allylic oxidation sites excluding steroid dienone is 3. The van der Waals surface area contributed by atoms with Crippen LogP contribution in [0.1, 0.15) is 39.9 Å². The summed E-state index contributed by atoms with van der Waals surface area (Å²) in [6.07, 6.45) is 6.79. The Kier molecular flexibility index (Phi) is 8.66. The van der Waals surface area contributed by atoms with Crippen LogP contribution in [0.3, 0.4) is 0 Å². The molecule has 0 saturated heterocycles. The molecule has 0 fully saturated rings. The fourth-order valence-corrected chi connectivity index (χ4v) is 9.21. The molecule has 2 heterocycles. The molecule has 0 spiro atoms. The molecule has 3 unspecified atom stereocenters. The zero-order chi connectivity index (χ0) is 36.6. The van der Waals surface area contributed by atoms with Crippen molar-refractivity contribution in [3.8, 4) is 33.4 Å². The van der Waals surface area contributed by atoms with Crippen molar-refractivity contribution in [2.24, 2.45) is 9.98 Å². The quantitative estimate of drug-likeness (QED) is 0.178. The Bertz CT molecular complexity index is 2660. The molecular weight excluding hydrogens is 687 g/mol. The van der Waals surface area contributed by atoms with Crippen LogP contribution in [0, 0.1) is 0 Å². The number of hydrogen-bond donors (Lipinski definition) is 1. The minimum Gasteiger partial charge on any atom is -0.344 e. The van der Waals surface area contributed by atoms with E-state index in [0.717, 1.165) is 39.2 Å². The highest BCUT2D eigenvalue weighted by atomic mass is 32.2. The summed E-state index contributed by atoms with van der Waals surface area (Å²) in [5, 5.41) is 4.14. The molecule has 0 saturated carbocycles. The van der Waals surface area contributed by atoms with Crippen molar-refractivity contribution in [1.29, 1.82) is 0 Å². The van der Waals surface area contributed by atoms with Gasteiger partial charge in [0.25, 0.3) is 0 Å². The average molecular weight is 724 g/mol.